The fraction of sp³-hybridized carbons (Fsp3) is 0.368. The number of hydrogen-bond donors (Lipinski definition) is 2. The Kier molecular flexibility index (Phi) is 9.22. The average Bonchev–Trinajstić information content (AvgIpc) is 2.64. The molecule has 2 rings (SSSR count). The second kappa shape index (κ2) is 11.4. The van der Waals surface area contributed by atoms with E-state index in [0.29, 0.717) is 49.4 Å². The number of nitrogens with one attached hydrogen (secondary N) is 1. The third-order valence-corrected chi connectivity index (χ3v) is 4.56. The van der Waals surface area contributed by atoms with E-state index < -0.39 is 0 Å². The summed E-state index contributed by atoms with van der Waals surface area (Å²) in [6.07, 6.45) is 0. The second-order valence-corrected chi connectivity index (χ2v) is 6.76. The normalized spacial score (nSPS) is 10.8. The molecule has 0 saturated heterocycles. The number of rotatable bonds is 11. The Labute approximate surface area is 167 Å². The van der Waals surface area contributed by atoms with E-state index in [1.807, 2.05) is 36.4 Å². The molecule has 0 unspecified atom stereocenters. The van der Waals surface area contributed by atoms with Gasteiger partial charge in [-0.2, -0.15) is 0 Å². The van der Waals surface area contributed by atoms with Crippen molar-refractivity contribution in [2.24, 2.45) is 0 Å². The maximum absolute atomic E-state index is 8.66. The van der Waals surface area contributed by atoms with E-state index in [2.05, 4.69) is 21.2 Å². The lowest BCUT2D eigenvalue weighted by Gasteiger charge is -2.15. The predicted molar refractivity (Wildman–Crippen MR) is 106 cm³/mol. The molecule has 0 aliphatic rings. The molecule has 0 aliphatic heterocycles. The van der Waals surface area contributed by atoms with E-state index in [4.69, 9.17) is 30.9 Å². The zero-order valence-electron chi connectivity index (χ0n) is 14.6. The van der Waals surface area contributed by atoms with E-state index in [1.54, 1.807) is 7.11 Å². The number of methoxy groups -OCH3 is 1. The molecule has 7 heteroatoms. The number of benzene rings is 2. The van der Waals surface area contributed by atoms with Gasteiger partial charge in [-0.1, -0.05) is 29.8 Å². The minimum absolute atomic E-state index is 0.0415. The summed E-state index contributed by atoms with van der Waals surface area (Å²) in [5.41, 5.74) is 1.97. The van der Waals surface area contributed by atoms with Crippen molar-refractivity contribution in [1.29, 1.82) is 0 Å². The molecule has 2 aromatic rings. The SMILES string of the molecule is COc1cc(CNCCOCCO)cc(Br)c1OCc1ccccc1Cl. The van der Waals surface area contributed by atoms with Crippen molar-refractivity contribution in [1.82, 2.24) is 5.32 Å². The summed E-state index contributed by atoms with van der Waals surface area (Å²) in [6.45, 7) is 2.68. The standard InChI is InChI=1S/C19H23BrClNO4/c1-24-18-11-14(12-22-6-8-25-9-7-23)10-16(20)19(18)26-13-15-4-2-3-5-17(15)21/h2-5,10-11,22-23H,6-9,12-13H2,1H3. The third kappa shape index (κ3) is 6.45. The summed E-state index contributed by atoms with van der Waals surface area (Å²) in [4.78, 5) is 0. The summed E-state index contributed by atoms with van der Waals surface area (Å²) in [5, 5.41) is 12.6. The zero-order valence-corrected chi connectivity index (χ0v) is 17.0. The molecule has 0 saturated carbocycles. The molecule has 0 aromatic heterocycles. The van der Waals surface area contributed by atoms with Crippen LogP contribution in [0, 0.1) is 0 Å². The van der Waals surface area contributed by atoms with Crippen molar-refractivity contribution < 1.29 is 19.3 Å². The van der Waals surface area contributed by atoms with Crippen molar-refractivity contribution in [3.63, 3.8) is 0 Å². The lowest BCUT2D eigenvalue weighted by Crippen LogP contribution is -2.20. The van der Waals surface area contributed by atoms with Crippen LogP contribution in [-0.4, -0.2) is 38.6 Å². The molecule has 0 aliphatic carbocycles. The lowest BCUT2D eigenvalue weighted by atomic mass is 10.2. The highest BCUT2D eigenvalue weighted by molar-refractivity contribution is 9.10. The smallest absolute Gasteiger partial charge is 0.175 e. The number of halogens is 2. The molecule has 0 amide bonds. The average molecular weight is 445 g/mol. The van der Waals surface area contributed by atoms with Gasteiger partial charge in [-0.25, -0.2) is 0 Å². The quantitative estimate of drug-likeness (QED) is 0.516. The molecule has 0 heterocycles. The van der Waals surface area contributed by atoms with Crippen molar-refractivity contribution in [2.75, 3.05) is 33.5 Å². The van der Waals surface area contributed by atoms with Gasteiger partial charge in [0.25, 0.3) is 0 Å². The van der Waals surface area contributed by atoms with Gasteiger partial charge in [-0.3, -0.25) is 0 Å². The van der Waals surface area contributed by atoms with Gasteiger partial charge in [0.2, 0.25) is 0 Å². The number of ether oxygens (including phenoxy) is 3. The van der Waals surface area contributed by atoms with Gasteiger partial charge in [0, 0.05) is 23.7 Å². The Morgan fingerprint density at radius 3 is 2.73 bits per heavy atom. The summed E-state index contributed by atoms with van der Waals surface area (Å²) in [5.74, 6) is 1.29. The fourth-order valence-corrected chi connectivity index (χ4v) is 3.12. The summed E-state index contributed by atoms with van der Waals surface area (Å²) in [7, 11) is 1.62. The van der Waals surface area contributed by atoms with Gasteiger partial charge in [-0.15, -0.1) is 0 Å². The van der Waals surface area contributed by atoms with Crippen LogP contribution >= 0.6 is 27.5 Å². The van der Waals surface area contributed by atoms with Crippen LogP contribution in [0.3, 0.4) is 0 Å². The Hall–Kier alpha value is -1.31. The Morgan fingerprint density at radius 2 is 2.00 bits per heavy atom. The molecule has 2 aromatic carbocycles. The minimum atomic E-state index is 0.0415. The van der Waals surface area contributed by atoms with Crippen LogP contribution in [0.2, 0.25) is 5.02 Å². The maximum atomic E-state index is 8.66. The van der Waals surface area contributed by atoms with Crippen LogP contribution in [0.1, 0.15) is 11.1 Å². The monoisotopic (exact) mass is 443 g/mol. The van der Waals surface area contributed by atoms with E-state index in [9.17, 15) is 0 Å². The molecule has 0 bridgehead atoms. The lowest BCUT2D eigenvalue weighted by molar-refractivity contribution is 0.0938. The van der Waals surface area contributed by atoms with Gasteiger partial charge < -0.3 is 24.6 Å². The molecule has 0 fully saturated rings. The predicted octanol–water partition coefficient (Wildman–Crippen LogP) is 3.79. The van der Waals surface area contributed by atoms with Crippen LogP contribution in [0.4, 0.5) is 0 Å². The first-order valence-electron chi connectivity index (χ1n) is 8.27. The topological polar surface area (TPSA) is 60.0 Å². The van der Waals surface area contributed by atoms with Crippen LogP contribution in [0.25, 0.3) is 0 Å². The van der Waals surface area contributed by atoms with Crippen LogP contribution < -0.4 is 14.8 Å². The first-order valence-corrected chi connectivity index (χ1v) is 9.44. The van der Waals surface area contributed by atoms with Crippen molar-refractivity contribution >= 4 is 27.5 Å². The van der Waals surface area contributed by atoms with Crippen molar-refractivity contribution in [2.45, 2.75) is 13.2 Å². The first kappa shape index (κ1) is 21.0. The third-order valence-electron chi connectivity index (χ3n) is 3.61. The number of hydrogen-bond acceptors (Lipinski definition) is 5. The minimum Gasteiger partial charge on any atom is -0.493 e. The highest BCUT2D eigenvalue weighted by Gasteiger charge is 2.12. The van der Waals surface area contributed by atoms with Gasteiger partial charge >= 0.3 is 0 Å². The molecular weight excluding hydrogens is 422 g/mol. The molecule has 26 heavy (non-hydrogen) atoms. The van der Waals surface area contributed by atoms with E-state index in [1.165, 1.54) is 0 Å². The summed E-state index contributed by atoms with van der Waals surface area (Å²) >= 11 is 9.73. The number of aliphatic hydroxyl groups excluding tert-OH is 1. The zero-order chi connectivity index (χ0) is 18.8. The van der Waals surface area contributed by atoms with Crippen molar-refractivity contribution in [3.05, 3.63) is 57.0 Å². The molecule has 2 N–H and O–H groups in total. The number of aliphatic hydroxyl groups is 1. The Morgan fingerprint density at radius 1 is 1.19 bits per heavy atom. The van der Waals surface area contributed by atoms with Gasteiger partial charge in [0.05, 0.1) is 31.4 Å². The molecular formula is C19H23BrClNO4. The van der Waals surface area contributed by atoms with Crippen LogP contribution in [0.15, 0.2) is 40.9 Å². The largest absolute Gasteiger partial charge is 0.493 e. The Bertz CT molecular complexity index is 699. The van der Waals surface area contributed by atoms with E-state index >= 15 is 0 Å². The van der Waals surface area contributed by atoms with Gasteiger partial charge in [0.15, 0.2) is 11.5 Å². The highest BCUT2D eigenvalue weighted by atomic mass is 79.9. The van der Waals surface area contributed by atoms with E-state index in [0.717, 1.165) is 15.6 Å². The fourth-order valence-electron chi connectivity index (χ4n) is 2.32. The maximum Gasteiger partial charge on any atom is 0.175 e. The summed E-state index contributed by atoms with van der Waals surface area (Å²) in [6, 6.07) is 11.5. The van der Waals surface area contributed by atoms with Gasteiger partial charge in [-0.05, 0) is 39.7 Å². The molecule has 142 valence electrons. The van der Waals surface area contributed by atoms with Crippen molar-refractivity contribution in [3.8, 4) is 11.5 Å². The molecule has 0 spiro atoms. The second-order valence-electron chi connectivity index (χ2n) is 5.50. The van der Waals surface area contributed by atoms with E-state index in [-0.39, 0.29) is 6.61 Å². The molecule has 5 nitrogen and oxygen atoms in total. The van der Waals surface area contributed by atoms with Crippen LogP contribution in [0.5, 0.6) is 11.5 Å². The molecule has 0 atom stereocenters. The van der Waals surface area contributed by atoms with Gasteiger partial charge in [0.1, 0.15) is 6.61 Å². The van der Waals surface area contributed by atoms with Crippen LogP contribution in [-0.2, 0) is 17.9 Å². The first-order chi connectivity index (χ1) is 12.7. The Balaban J connectivity index is 1.96. The highest BCUT2D eigenvalue weighted by Crippen LogP contribution is 2.37. The molecule has 0 radical (unpaired) electrons. The summed E-state index contributed by atoms with van der Waals surface area (Å²) < 4.78 is 17.4.